The molecule has 0 saturated heterocycles. The van der Waals surface area contributed by atoms with Crippen LogP contribution < -0.4 is 4.90 Å². The Balaban J connectivity index is 1.33. The van der Waals surface area contributed by atoms with Gasteiger partial charge in [-0.3, -0.25) is 0 Å². The largest absolute Gasteiger partial charge is 0.309 e. The molecule has 260 valence electrons. The second-order valence-electron chi connectivity index (χ2n) is 14.2. The first-order valence-corrected chi connectivity index (χ1v) is 18.9. The maximum Gasteiger partial charge on any atom is 0.0562 e. The molecule has 55 heavy (non-hydrogen) atoms. The van der Waals surface area contributed by atoms with Gasteiger partial charge >= 0.3 is 0 Å². The zero-order valence-electron chi connectivity index (χ0n) is 30.6. The number of aryl methyl sites for hydroxylation is 1. The minimum atomic E-state index is 1.10. The monoisotopic (exact) mass is 702 g/mol. The van der Waals surface area contributed by atoms with Crippen LogP contribution in [0.1, 0.15) is 5.56 Å². The Morgan fingerprint density at radius 3 is 1.65 bits per heavy atom. The summed E-state index contributed by atoms with van der Waals surface area (Å²) in [5.74, 6) is 0. The first-order valence-electron chi connectivity index (χ1n) is 18.9. The van der Waals surface area contributed by atoms with Crippen molar-refractivity contribution < 1.29 is 0 Å². The van der Waals surface area contributed by atoms with Crippen molar-refractivity contribution in [2.24, 2.45) is 0 Å². The third-order valence-electron chi connectivity index (χ3n) is 10.8. The Labute approximate surface area is 321 Å². The van der Waals surface area contributed by atoms with E-state index in [-0.39, 0.29) is 0 Å². The van der Waals surface area contributed by atoms with E-state index in [1.807, 2.05) is 0 Å². The fourth-order valence-electron chi connectivity index (χ4n) is 8.44. The number of hydrogen-bond donors (Lipinski definition) is 0. The highest BCUT2D eigenvalue weighted by molar-refractivity contribution is 6.19. The number of benzene rings is 9. The van der Waals surface area contributed by atoms with Gasteiger partial charge in [-0.2, -0.15) is 0 Å². The predicted octanol–water partition coefficient (Wildman–Crippen LogP) is 14.7. The SMILES string of the molecule is Cc1ccc(-c2c(-c3ccccc3)cc(N(c3ccccc3)c3cccc4c3c3ccccc3n4-c3ccccc3)c3ccccc23)c(-c2ccccc2)c1. The lowest BCUT2D eigenvalue weighted by Crippen LogP contribution is -2.11. The molecule has 0 aliphatic heterocycles. The molecule has 9 aromatic carbocycles. The van der Waals surface area contributed by atoms with Gasteiger partial charge in [0.2, 0.25) is 0 Å². The summed E-state index contributed by atoms with van der Waals surface area (Å²) >= 11 is 0. The first-order chi connectivity index (χ1) is 27.2. The number of aromatic nitrogens is 1. The van der Waals surface area contributed by atoms with Crippen LogP contribution >= 0.6 is 0 Å². The maximum absolute atomic E-state index is 2.48. The van der Waals surface area contributed by atoms with Gasteiger partial charge in [-0.1, -0.05) is 169 Å². The van der Waals surface area contributed by atoms with Crippen molar-refractivity contribution in [3.63, 3.8) is 0 Å². The molecule has 1 heterocycles. The molecule has 2 heteroatoms. The molecule has 0 aliphatic rings. The normalized spacial score (nSPS) is 11.4. The third-order valence-corrected chi connectivity index (χ3v) is 10.8. The average Bonchev–Trinajstić information content (AvgIpc) is 3.60. The molecule has 0 radical (unpaired) electrons. The van der Waals surface area contributed by atoms with Gasteiger partial charge in [0.05, 0.1) is 22.4 Å². The molecule has 0 fully saturated rings. The lowest BCUT2D eigenvalue weighted by Gasteiger charge is -2.30. The van der Waals surface area contributed by atoms with E-state index in [0.717, 1.165) is 22.7 Å². The van der Waals surface area contributed by atoms with E-state index < -0.39 is 0 Å². The van der Waals surface area contributed by atoms with Crippen LogP contribution in [0.4, 0.5) is 17.1 Å². The minimum Gasteiger partial charge on any atom is -0.309 e. The quantitative estimate of drug-likeness (QED) is 0.160. The van der Waals surface area contributed by atoms with E-state index in [4.69, 9.17) is 0 Å². The predicted molar refractivity (Wildman–Crippen MR) is 234 cm³/mol. The zero-order chi connectivity index (χ0) is 36.7. The fraction of sp³-hybridized carbons (Fsp3) is 0.0189. The molecular weight excluding hydrogens is 665 g/mol. The van der Waals surface area contributed by atoms with Gasteiger partial charge in [-0.15, -0.1) is 0 Å². The molecule has 0 saturated carbocycles. The Morgan fingerprint density at radius 1 is 0.382 bits per heavy atom. The van der Waals surface area contributed by atoms with Gasteiger partial charge in [-0.25, -0.2) is 0 Å². The maximum atomic E-state index is 2.48. The van der Waals surface area contributed by atoms with Crippen LogP contribution in [-0.2, 0) is 0 Å². The Kier molecular flexibility index (Phi) is 8.08. The smallest absolute Gasteiger partial charge is 0.0562 e. The molecule has 0 bridgehead atoms. The summed E-state index contributed by atoms with van der Waals surface area (Å²) in [6.07, 6.45) is 0. The molecule has 0 aliphatic carbocycles. The van der Waals surface area contributed by atoms with E-state index >= 15 is 0 Å². The van der Waals surface area contributed by atoms with Gasteiger partial charge < -0.3 is 9.47 Å². The summed E-state index contributed by atoms with van der Waals surface area (Å²) in [6, 6.07) is 77.1. The minimum absolute atomic E-state index is 1.10. The standard InChI is InChI=1S/C53H38N2/c1-37-33-34-44(46(35-37)38-19-6-2-7-20-38)52-43-28-15-14-27-42(43)51(36-47(52)39-21-8-3-9-22-39)55(41-25-12-5-13-26-41)50-32-18-31-49-53(50)45-29-16-17-30-48(45)54(49)40-23-10-4-11-24-40/h2-36H,1H3. The van der Waals surface area contributed by atoms with Gasteiger partial charge in [0.1, 0.15) is 0 Å². The first kappa shape index (κ1) is 32.5. The summed E-state index contributed by atoms with van der Waals surface area (Å²) in [5.41, 5.74) is 15.4. The Morgan fingerprint density at radius 2 is 0.945 bits per heavy atom. The average molecular weight is 703 g/mol. The number of rotatable bonds is 7. The molecule has 10 aromatic rings. The highest BCUT2D eigenvalue weighted by Gasteiger charge is 2.25. The van der Waals surface area contributed by atoms with Crippen molar-refractivity contribution in [3.8, 4) is 39.1 Å². The van der Waals surface area contributed by atoms with Gasteiger partial charge in [0, 0.05) is 27.5 Å². The molecule has 1 aromatic heterocycles. The van der Waals surface area contributed by atoms with Crippen LogP contribution in [-0.4, -0.2) is 4.57 Å². The molecule has 0 spiro atoms. The van der Waals surface area contributed by atoms with Crippen molar-refractivity contribution in [2.75, 3.05) is 4.90 Å². The lowest BCUT2D eigenvalue weighted by atomic mass is 9.84. The van der Waals surface area contributed by atoms with E-state index in [1.54, 1.807) is 0 Å². The van der Waals surface area contributed by atoms with Crippen LogP contribution in [0.15, 0.2) is 212 Å². The third kappa shape index (κ3) is 5.59. The second-order valence-corrected chi connectivity index (χ2v) is 14.2. The van der Waals surface area contributed by atoms with E-state index in [0.29, 0.717) is 0 Å². The summed E-state index contributed by atoms with van der Waals surface area (Å²) in [5, 5.41) is 4.82. The van der Waals surface area contributed by atoms with E-state index in [1.165, 1.54) is 71.5 Å². The summed E-state index contributed by atoms with van der Waals surface area (Å²) in [4.78, 5) is 2.48. The van der Waals surface area contributed by atoms with Crippen molar-refractivity contribution in [1.29, 1.82) is 0 Å². The number of hydrogen-bond acceptors (Lipinski definition) is 1. The van der Waals surface area contributed by atoms with Crippen molar-refractivity contribution in [3.05, 3.63) is 218 Å². The van der Waals surface area contributed by atoms with Crippen LogP contribution in [0.5, 0.6) is 0 Å². The molecule has 0 N–H and O–H groups in total. The van der Waals surface area contributed by atoms with Crippen LogP contribution in [0.2, 0.25) is 0 Å². The van der Waals surface area contributed by atoms with Crippen molar-refractivity contribution >= 4 is 49.6 Å². The molecular formula is C53H38N2. The van der Waals surface area contributed by atoms with Crippen LogP contribution in [0.3, 0.4) is 0 Å². The molecule has 0 unspecified atom stereocenters. The lowest BCUT2D eigenvalue weighted by molar-refractivity contribution is 1.18. The fourth-order valence-corrected chi connectivity index (χ4v) is 8.44. The topological polar surface area (TPSA) is 8.17 Å². The van der Waals surface area contributed by atoms with E-state index in [2.05, 4.69) is 229 Å². The van der Waals surface area contributed by atoms with Crippen LogP contribution in [0, 0.1) is 6.92 Å². The van der Waals surface area contributed by atoms with Gasteiger partial charge in [0.25, 0.3) is 0 Å². The van der Waals surface area contributed by atoms with Gasteiger partial charge in [-0.05, 0) is 94.2 Å². The number of para-hydroxylation sites is 3. The molecule has 0 atom stereocenters. The summed E-state index contributed by atoms with van der Waals surface area (Å²) in [7, 11) is 0. The number of fused-ring (bicyclic) bond motifs is 4. The van der Waals surface area contributed by atoms with Crippen molar-refractivity contribution in [1.82, 2.24) is 4.57 Å². The zero-order valence-corrected chi connectivity index (χ0v) is 30.6. The Bertz CT molecular complexity index is 2960. The number of anilines is 3. The highest BCUT2D eigenvalue weighted by atomic mass is 15.1. The molecule has 2 nitrogen and oxygen atoms in total. The number of nitrogens with zero attached hydrogens (tertiary/aromatic N) is 2. The van der Waals surface area contributed by atoms with E-state index in [9.17, 15) is 0 Å². The van der Waals surface area contributed by atoms with Gasteiger partial charge in [0.15, 0.2) is 0 Å². The molecule has 0 amide bonds. The molecule has 10 rings (SSSR count). The summed E-state index contributed by atoms with van der Waals surface area (Å²) < 4.78 is 2.40. The summed E-state index contributed by atoms with van der Waals surface area (Å²) in [6.45, 7) is 2.18. The van der Waals surface area contributed by atoms with Crippen molar-refractivity contribution in [2.45, 2.75) is 6.92 Å². The second kappa shape index (κ2) is 13.7. The van der Waals surface area contributed by atoms with Crippen LogP contribution in [0.25, 0.3) is 71.6 Å². The highest BCUT2D eigenvalue weighted by Crippen LogP contribution is 2.50. The Hall–Kier alpha value is -7.16.